The summed E-state index contributed by atoms with van der Waals surface area (Å²) in [5, 5.41) is 2.45. The Balaban J connectivity index is 0.000000138. The molecule has 0 spiro atoms. The van der Waals surface area contributed by atoms with Gasteiger partial charge in [-0.15, -0.1) is 0 Å². The van der Waals surface area contributed by atoms with Gasteiger partial charge in [-0.3, -0.25) is 14.6 Å². The number of ketones is 2. The van der Waals surface area contributed by atoms with Gasteiger partial charge in [0.05, 0.1) is 0 Å². The molecule has 0 radical (unpaired) electrons. The monoisotopic (exact) mass is 237 g/mol. The maximum atomic E-state index is 10.3. The van der Waals surface area contributed by atoms with E-state index in [2.05, 4.69) is 17.1 Å². The lowest BCUT2D eigenvalue weighted by molar-refractivity contribution is -0.113. The summed E-state index contributed by atoms with van der Waals surface area (Å²) in [5.74, 6) is -0.241. The summed E-state index contributed by atoms with van der Waals surface area (Å²) in [6.07, 6.45) is 8.69. The molecule has 2 aromatic rings. The average Bonchev–Trinajstić information content (AvgIpc) is 2.43. The number of fused-ring (bicyclic) bond motifs is 1. The van der Waals surface area contributed by atoms with Crippen molar-refractivity contribution in [3.63, 3.8) is 0 Å². The van der Waals surface area contributed by atoms with Gasteiger partial charge in [-0.2, -0.15) is 0 Å². The number of allylic oxidation sites excluding steroid dienone is 4. The number of carbonyl (C=O) groups excluding carboxylic acids is 2. The van der Waals surface area contributed by atoms with E-state index in [4.69, 9.17) is 0 Å². The normalized spacial score (nSPS) is 13.3. The third kappa shape index (κ3) is 3.22. The van der Waals surface area contributed by atoms with Crippen molar-refractivity contribution in [2.75, 3.05) is 0 Å². The van der Waals surface area contributed by atoms with Gasteiger partial charge in [-0.05, 0) is 41.1 Å². The summed E-state index contributed by atoms with van der Waals surface area (Å²) in [4.78, 5) is 24.6. The molecule has 1 aromatic heterocycles. The third-order valence-corrected chi connectivity index (χ3v) is 2.37. The maximum Gasteiger partial charge on any atom is 0.178 e. The van der Waals surface area contributed by atoms with Crippen LogP contribution in [-0.2, 0) is 9.59 Å². The molecule has 1 aliphatic carbocycles. The molecule has 1 heterocycles. The molecular formula is C15H11NO2. The summed E-state index contributed by atoms with van der Waals surface area (Å²) in [7, 11) is 0. The average molecular weight is 237 g/mol. The molecule has 0 N–H and O–H groups in total. The Kier molecular flexibility index (Phi) is 3.76. The molecule has 0 bridgehead atoms. The van der Waals surface area contributed by atoms with E-state index in [0.717, 1.165) is 0 Å². The molecule has 0 unspecified atom stereocenters. The number of hydrogen-bond donors (Lipinski definition) is 0. The van der Waals surface area contributed by atoms with Crippen molar-refractivity contribution < 1.29 is 9.59 Å². The van der Waals surface area contributed by atoms with Crippen LogP contribution in [0.3, 0.4) is 0 Å². The molecule has 0 fully saturated rings. The fraction of sp³-hybridized carbons (Fsp3) is 0. The van der Waals surface area contributed by atoms with Crippen LogP contribution in [0.5, 0.6) is 0 Å². The molecule has 18 heavy (non-hydrogen) atoms. The second-order valence-corrected chi connectivity index (χ2v) is 3.69. The fourth-order valence-electron chi connectivity index (χ4n) is 1.47. The summed E-state index contributed by atoms with van der Waals surface area (Å²) in [6.45, 7) is 0. The minimum absolute atomic E-state index is 0.121. The van der Waals surface area contributed by atoms with Crippen LogP contribution in [0, 0.1) is 0 Å². The number of aromatic nitrogens is 1. The lowest BCUT2D eigenvalue weighted by atomic mass is 10.2. The van der Waals surface area contributed by atoms with Crippen LogP contribution in [0.2, 0.25) is 0 Å². The zero-order chi connectivity index (χ0) is 12.8. The number of pyridine rings is 1. The minimum Gasteiger partial charge on any atom is -0.290 e. The fourth-order valence-corrected chi connectivity index (χ4v) is 1.47. The number of hydrogen-bond acceptors (Lipinski definition) is 3. The summed E-state index contributed by atoms with van der Waals surface area (Å²) in [6, 6.07) is 10.2. The number of benzene rings is 1. The highest BCUT2D eigenvalue weighted by molar-refractivity contribution is 6.14. The van der Waals surface area contributed by atoms with Crippen LogP contribution in [-0.4, -0.2) is 16.6 Å². The van der Waals surface area contributed by atoms with Crippen molar-refractivity contribution in [2.24, 2.45) is 0 Å². The van der Waals surface area contributed by atoms with Crippen LogP contribution in [0.15, 0.2) is 67.0 Å². The van der Waals surface area contributed by atoms with E-state index in [0.29, 0.717) is 0 Å². The summed E-state index contributed by atoms with van der Waals surface area (Å²) in [5.41, 5.74) is 0. The van der Waals surface area contributed by atoms with E-state index in [1.165, 1.54) is 35.1 Å². The van der Waals surface area contributed by atoms with E-state index in [9.17, 15) is 9.59 Å². The molecule has 0 saturated carbocycles. The first-order valence-electron chi connectivity index (χ1n) is 5.48. The lowest BCUT2D eigenvalue weighted by Gasteiger charge is -1.91. The second kappa shape index (κ2) is 5.68. The summed E-state index contributed by atoms with van der Waals surface area (Å²) >= 11 is 0. The van der Waals surface area contributed by atoms with E-state index < -0.39 is 0 Å². The van der Waals surface area contributed by atoms with E-state index in [1.807, 2.05) is 30.6 Å². The predicted molar refractivity (Wildman–Crippen MR) is 70.0 cm³/mol. The molecule has 0 amide bonds. The summed E-state index contributed by atoms with van der Waals surface area (Å²) < 4.78 is 0. The highest BCUT2D eigenvalue weighted by atomic mass is 16.1. The van der Waals surface area contributed by atoms with Gasteiger partial charge < -0.3 is 0 Å². The maximum absolute atomic E-state index is 10.3. The van der Waals surface area contributed by atoms with Crippen molar-refractivity contribution in [3.05, 3.63) is 67.0 Å². The topological polar surface area (TPSA) is 47.0 Å². The first-order valence-corrected chi connectivity index (χ1v) is 5.48. The molecule has 0 saturated heterocycles. The van der Waals surface area contributed by atoms with Crippen molar-refractivity contribution in [1.82, 2.24) is 4.98 Å². The van der Waals surface area contributed by atoms with E-state index in [1.54, 1.807) is 0 Å². The SMILES string of the molecule is O=C1C=CC(=O)C=C1.c1ccc2cnccc2c1. The third-order valence-electron chi connectivity index (χ3n) is 2.37. The Morgan fingerprint density at radius 3 is 1.83 bits per heavy atom. The van der Waals surface area contributed by atoms with Crippen LogP contribution < -0.4 is 0 Å². The first kappa shape index (κ1) is 11.9. The molecular weight excluding hydrogens is 226 g/mol. The second-order valence-electron chi connectivity index (χ2n) is 3.69. The van der Waals surface area contributed by atoms with Crippen molar-refractivity contribution >= 4 is 22.3 Å². The lowest BCUT2D eigenvalue weighted by Crippen LogP contribution is -1.97. The molecule has 1 aromatic carbocycles. The Morgan fingerprint density at radius 1 is 0.722 bits per heavy atom. The van der Waals surface area contributed by atoms with Crippen molar-refractivity contribution in [2.45, 2.75) is 0 Å². The van der Waals surface area contributed by atoms with Gasteiger partial charge in [-0.25, -0.2) is 0 Å². The Hall–Kier alpha value is -2.55. The van der Waals surface area contributed by atoms with Gasteiger partial charge in [0, 0.05) is 12.4 Å². The highest BCUT2D eigenvalue weighted by Gasteiger charge is 1.97. The Bertz CT molecular complexity index is 538. The molecule has 0 aliphatic heterocycles. The van der Waals surface area contributed by atoms with Gasteiger partial charge in [0.15, 0.2) is 11.6 Å². The van der Waals surface area contributed by atoms with Gasteiger partial charge in [0.2, 0.25) is 0 Å². The smallest absolute Gasteiger partial charge is 0.178 e. The minimum atomic E-state index is -0.121. The number of carbonyl (C=O) groups is 2. The van der Waals surface area contributed by atoms with Gasteiger partial charge in [0.1, 0.15) is 0 Å². The zero-order valence-electron chi connectivity index (χ0n) is 9.61. The zero-order valence-corrected chi connectivity index (χ0v) is 9.61. The molecule has 3 nitrogen and oxygen atoms in total. The molecule has 0 atom stereocenters. The quantitative estimate of drug-likeness (QED) is 0.661. The van der Waals surface area contributed by atoms with Gasteiger partial charge >= 0.3 is 0 Å². The first-order chi connectivity index (χ1) is 8.75. The van der Waals surface area contributed by atoms with Gasteiger partial charge in [-0.1, -0.05) is 24.3 Å². The van der Waals surface area contributed by atoms with Crippen molar-refractivity contribution in [3.8, 4) is 0 Å². The standard InChI is InChI=1S/C9H7N.C6H4O2/c1-2-4-9-7-10-6-5-8(9)3-1;7-5-1-2-6(8)4-3-5/h1-7H;1-4H. The largest absolute Gasteiger partial charge is 0.290 e. The van der Waals surface area contributed by atoms with E-state index in [-0.39, 0.29) is 11.6 Å². The van der Waals surface area contributed by atoms with Crippen LogP contribution in [0.4, 0.5) is 0 Å². The Morgan fingerprint density at radius 2 is 1.28 bits per heavy atom. The van der Waals surface area contributed by atoms with E-state index >= 15 is 0 Å². The van der Waals surface area contributed by atoms with Crippen LogP contribution >= 0.6 is 0 Å². The van der Waals surface area contributed by atoms with Gasteiger partial charge in [0.25, 0.3) is 0 Å². The highest BCUT2D eigenvalue weighted by Crippen LogP contribution is 2.09. The van der Waals surface area contributed by atoms with Crippen molar-refractivity contribution in [1.29, 1.82) is 0 Å². The molecule has 88 valence electrons. The molecule has 1 aliphatic rings. The van der Waals surface area contributed by atoms with Crippen LogP contribution in [0.25, 0.3) is 10.8 Å². The number of rotatable bonds is 0. The predicted octanol–water partition coefficient (Wildman–Crippen LogP) is 2.49. The molecule has 3 rings (SSSR count). The molecule has 3 heteroatoms. The number of nitrogens with zero attached hydrogens (tertiary/aromatic N) is 1. The Labute approximate surface area is 104 Å². The van der Waals surface area contributed by atoms with Crippen LogP contribution in [0.1, 0.15) is 0 Å².